The van der Waals surface area contributed by atoms with Gasteiger partial charge in [0.15, 0.2) is 11.5 Å². The van der Waals surface area contributed by atoms with Crippen LogP contribution < -0.4 is 5.73 Å². The summed E-state index contributed by atoms with van der Waals surface area (Å²) in [5.41, 5.74) is 7.95. The summed E-state index contributed by atoms with van der Waals surface area (Å²) in [6.07, 6.45) is 1.95. The highest BCUT2D eigenvalue weighted by Crippen LogP contribution is 2.52. The molecule has 4 rings (SSSR count). The van der Waals surface area contributed by atoms with Gasteiger partial charge in [-0.15, -0.1) is 0 Å². The molecule has 5 nitrogen and oxygen atoms in total. The second-order valence-electron chi connectivity index (χ2n) is 7.41. The van der Waals surface area contributed by atoms with E-state index < -0.39 is 5.54 Å². The highest BCUT2D eigenvalue weighted by atomic mass is 16.3. The maximum absolute atomic E-state index is 13.4. The van der Waals surface area contributed by atoms with Gasteiger partial charge in [0.1, 0.15) is 5.75 Å². The predicted molar refractivity (Wildman–Crippen MR) is 102 cm³/mol. The van der Waals surface area contributed by atoms with Crippen LogP contribution >= 0.6 is 0 Å². The normalized spacial score (nSPS) is 22.8. The molecule has 1 amide bonds. The largest absolute Gasteiger partial charge is 0.508 e. The van der Waals surface area contributed by atoms with Crippen molar-refractivity contribution < 1.29 is 9.90 Å². The van der Waals surface area contributed by atoms with Crippen LogP contribution in [-0.2, 0) is 10.3 Å². The number of benzene rings is 2. The van der Waals surface area contributed by atoms with E-state index in [0.29, 0.717) is 5.96 Å². The van der Waals surface area contributed by atoms with Gasteiger partial charge < -0.3 is 10.8 Å². The number of hydrogen-bond acceptors (Lipinski definition) is 4. The lowest BCUT2D eigenvalue weighted by Crippen LogP contribution is -2.47. The van der Waals surface area contributed by atoms with Gasteiger partial charge in [0.05, 0.1) is 0 Å². The van der Waals surface area contributed by atoms with Crippen LogP contribution in [0.5, 0.6) is 5.75 Å². The summed E-state index contributed by atoms with van der Waals surface area (Å²) in [5.74, 6) is 0.687. The Kier molecular flexibility index (Phi) is 3.75. The van der Waals surface area contributed by atoms with Gasteiger partial charge in [-0.25, -0.2) is 4.99 Å². The van der Waals surface area contributed by atoms with Crippen LogP contribution in [0.15, 0.2) is 53.5 Å². The molecular formula is C21H23N3O2. The van der Waals surface area contributed by atoms with Gasteiger partial charge in [-0.1, -0.05) is 30.3 Å². The molecule has 5 heteroatoms. The number of rotatable bonds is 4. The fraction of sp³-hybridized carbons (Fsp3) is 0.333. The number of amides is 1. The van der Waals surface area contributed by atoms with E-state index >= 15 is 0 Å². The lowest BCUT2D eigenvalue weighted by molar-refractivity contribution is -0.133. The molecule has 1 saturated carbocycles. The summed E-state index contributed by atoms with van der Waals surface area (Å²) >= 11 is 0. The van der Waals surface area contributed by atoms with Crippen molar-refractivity contribution in [3.05, 3.63) is 54.1 Å². The van der Waals surface area contributed by atoms with Crippen LogP contribution in [0.4, 0.5) is 0 Å². The molecule has 1 unspecified atom stereocenters. The smallest absolute Gasteiger partial charge is 0.262 e. The first kappa shape index (κ1) is 16.6. The Morgan fingerprint density at radius 3 is 2.38 bits per heavy atom. The van der Waals surface area contributed by atoms with Gasteiger partial charge in [0.25, 0.3) is 5.91 Å². The number of nitrogens with zero attached hydrogens (tertiary/aromatic N) is 2. The first-order valence-corrected chi connectivity index (χ1v) is 9.02. The van der Waals surface area contributed by atoms with E-state index in [1.54, 1.807) is 17.0 Å². The van der Waals surface area contributed by atoms with Gasteiger partial charge in [0.2, 0.25) is 0 Å². The SMILES string of the molecule is CC(C)N1C(=O)C(c2cccc(-c3cccc(O)c3)c2)(C2CC2)N=C1N. The molecule has 1 fully saturated rings. The molecule has 3 N–H and O–H groups in total. The van der Waals surface area contributed by atoms with Crippen LogP contribution in [-0.4, -0.2) is 27.9 Å². The number of aliphatic imine (C=N–C) groups is 1. The number of guanidine groups is 1. The lowest BCUT2D eigenvalue weighted by atomic mass is 9.83. The number of hydrogen-bond donors (Lipinski definition) is 2. The molecule has 26 heavy (non-hydrogen) atoms. The molecule has 1 aliphatic carbocycles. The average Bonchev–Trinajstić information content (AvgIpc) is 3.41. The maximum atomic E-state index is 13.4. The van der Waals surface area contributed by atoms with Crippen molar-refractivity contribution in [1.29, 1.82) is 0 Å². The quantitative estimate of drug-likeness (QED) is 0.889. The summed E-state index contributed by atoms with van der Waals surface area (Å²) in [5, 5.41) is 9.78. The number of phenolic OH excluding ortho intramolecular Hbond substituents is 1. The number of aromatic hydroxyl groups is 1. The first-order chi connectivity index (χ1) is 12.4. The number of phenols is 1. The minimum absolute atomic E-state index is 0.0267. The van der Waals surface area contributed by atoms with Crippen LogP contribution in [0.25, 0.3) is 11.1 Å². The molecule has 0 spiro atoms. The summed E-state index contributed by atoms with van der Waals surface area (Å²) in [6, 6.07) is 15.0. The van der Waals surface area contributed by atoms with E-state index in [9.17, 15) is 9.90 Å². The Balaban J connectivity index is 1.83. The van der Waals surface area contributed by atoms with Crippen molar-refractivity contribution in [1.82, 2.24) is 4.90 Å². The minimum atomic E-state index is -0.915. The first-order valence-electron chi connectivity index (χ1n) is 9.02. The summed E-state index contributed by atoms with van der Waals surface area (Å²) in [7, 11) is 0. The van der Waals surface area contributed by atoms with Crippen LogP contribution in [0.2, 0.25) is 0 Å². The monoisotopic (exact) mass is 349 g/mol. The average molecular weight is 349 g/mol. The van der Waals surface area contributed by atoms with Crippen molar-refractivity contribution in [2.75, 3.05) is 0 Å². The van der Waals surface area contributed by atoms with E-state index in [1.807, 2.05) is 50.2 Å². The Bertz CT molecular complexity index is 902. The van der Waals surface area contributed by atoms with E-state index in [4.69, 9.17) is 10.7 Å². The maximum Gasteiger partial charge on any atom is 0.262 e. The summed E-state index contributed by atoms with van der Waals surface area (Å²) in [6.45, 7) is 3.90. The van der Waals surface area contributed by atoms with Crippen molar-refractivity contribution >= 4 is 11.9 Å². The third-order valence-corrected chi connectivity index (χ3v) is 5.25. The zero-order valence-corrected chi connectivity index (χ0v) is 15.0. The molecule has 2 aromatic carbocycles. The van der Waals surface area contributed by atoms with E-state index in [-0.39, 0.29) is 23.6 Å². The standard InChI is InChI=1S/C21H23N3O2/c1-13(2)24-19(26)21(16-9-10-16,23-20(24)22)17-7-3-5-14(11-17)15-6-4-8-18(25)12-15/h3-8,11-13,16,25H,9-10H2,1-2H3,(H2,22,23). The second-order valence-corrected chi connectivity index (χ2v) is 7.41. The van der Waals surface area contributed by atoms with Gasteiger partial charge in [-0.05, 0) is 67.5 Å². The van der Waals surface area contributed by atoms with Crippen LogP contribution in [0.1, 0.15) is 32.3 Å². The summed E-state index contributed by atoms with van der Waals surface area (Å²) < 4.78 is 0. The molecule has 0 saturated heterocycles. The van der Waals surface area contributed by atoms with Gasteiger partial charge >= 0.3 is 0 Å². The third-order valence-electron chi connectivity index (χ3n) is 5.25. The third kappa shape index (κ3) is 2.46. The number of nitrogens with two attached hydrogens (primary N) is 1. The molecule has 0 bridgehead atoms. The zero-order chi connectivity index (χ0) is 18.5. The Hall–Kier alpha value is -2.82. The van der Waals surface area contributed by atoms with Gasteiger partial charge in [0, 0.05) is 6.04 Å². The van der Waals surface area contributed by atoms with Crippen molar-refractivity contribution in [2.45, 2.75) is 38.3 Å². The Morgan fingerprint density at radius 1 is 1.15 bits per heavy atom. The van der Waals surface area contributed by atoms with Gasteiger partial charge in [-0.3, -0.25) is 9.69 Å². The van der Waals surface area contributed by atoms with Crippen molar-refractivity contribution in [3.63, 3.8) is 0 Å². The Labute approximate surface area is 153 Å². The predicted octanol–water partition coefficient (Wildman–Crippen LogP) is 3.23. The Morgan fingerprint density at radius 2 is 1.81 bits per heavy atom. The molecule has 134 valence electrons. The van der Waals surface area contributed by atoms with Crippen LogP contribution in [0, 0.1) is 5.92 Å². The minimum Gasteiger partial charge on any atom is -0.508 e. The zero-order valence-electron chi connectivity index (χ0n) is 15.0. The van der Waals surface area contributed by atoms with Crippen molar-refractivity contribution in [3.8, 4) is 16.9 Å². The molecule has 2 aromatic rings. The molecule has 0 radical (unpaired) electrons. The van der Waals surface area contributed by atoms with E-state index in [2.05, 4.69) is 0 Å². The fourth-order valence-corrected chi connectivity index (χ4v) is 3.88. The van der Waals surface area contributed by atoms with E-state index in [0.717, 1.165) is 29.5 Å². The van der Waals surface area contributed by atoms with E-state index in [1.165, 1.54) is 0 Å². The molecule has 1 atom stereocenters. The fourth-order valence-electron chi connectivity index (χ4n) is 3.88. The molecule has 0 aromatic heterocycles. The molecule has 2 aliphatic rings. The van der Waals surface area contributed by atoms with Crippen LogP contribution in [0.3, 0.4) is 0 Å². The lowest BCUT2D eigenvalue weighted by Gasteiger charge is -2.28. The molecular weight excluding hydrogens is 326 g/mol. The highest BCUT2D eigenvalue weighted by molar-refractivity contribution is 6.08. The van der Waals surface area contributed by atoms with Gasteiger partial charge in [-0.2, -0.15) is 0 Å². The molecule has 1 heterocycles. The summed E-state index contributed by atoms with van der Waals surface area (Å²) in [4.78, 5) is 19.7. The second kappa shape index (κ2) is 5.87. The van der Waals surface area contributed by atoms with Crippen molar-refractivity contribution in [2.24, 2.45) is 16.6 Å². The molecule has 1 aliphatic heterocycles. The number of carbonyl (C=O) groups excluding carboxylic acids is 1. The topological polar surface area (TPSA) is 78.9 Å². The number of carbonyl (C=O) groups is 1. The highest BCUT2D eigenvalue weighted by Gasteiger charge is 2.58.